The Hall–Kier alpha value is -0.610. The Morgan fingerprint density at radius 2 is 1.70 bits per heavy atom. The second kappa shape index (κ2) is 13.5. The summed E-state index contributed by atoms with van der Waals surface area (Å²) in [6.07, 6.45) is 10.5. The third-order valence-corrected chi connectivity index (χ3v) is 5.66. The lowest BCUT2D eigenvalue weighted by atomic mass is 9.79. The summed E-state index contributed by atoms with van der Waals surface area (Å²) in [4.78, 5) is 18.8. The van der Waals surface area contributed by atoms with Crippen molar-refractivity contribution in [2.75, 3.05) is 53.5 Å². The summed E-state index contributed by atoms with van der Waals surface area (Å²) >= 11 is 0. The molecule has 27 heavy (non-hydrogen) atoms. The summed E-state index contributed by atoms with van der Waals surface area (Å²) in [6.45, 7) is 4.61. The largest absolute Gasteiger partial charge is 0.383 e. The van der Waals surface area contributed by atoms with Gasteiger partial charge in [-0.25, -0.2) is 0 Å². The summed E-state index contributed by atoms with van der Waals surface area (Å²) in [6, 6.07) is 0. The van der Waals surface area contributed by atoms with Crippen LogP contribution in [-0.4, -0.2) is 75.8 Å². The van der Waals surface area contributed by atoms with Gasteiger partial charge in [-0.15, -0.1) is 24.0 Å². The fraction of sp³-hybridized carbons (Fsp3) is 0.895. The van der Waals surface area contributed by atoms with E-state index in [0.29, 0.717) is 19.1 Å². The van der Waals surface area contributed by atoms with Crippen LogP contribution in [-0.2, 0) is 9.53 Å². The highest BCUT2D eigenvalue weighted by Crippen LogP contribution is 2.35. The van der Waals surface area contributed by atoms with Crippen molar-refractivity contribution in [3.8, 4) is 0 Å². The van der Waals surface area contributed by atoms with Crippen LogP contribution < -0.4 is 16.0 Å². The number of amides is 1. The molecule has 0 spiro atoms. The summed E-state index contributed by atoms with van der Waals surface area (Å²) in [5, 5.41) is 9.43. The lowest BCUT2D eigenvalue weighted by Crippen LogP contribution is -2.59. The molecule has 0 radical (unpaired) electrons. The lowest BCUT2D eigenvalue weighted by molar-refractivity contribution is -0.120. The number of nitrogens with one attached hydrogen (secondary N) is 3. The van der Waals surface area contributed by atoms with Gasteiger partial charge >= 0.3 is 0 Å². The van der Waals surface area contributed by atoms with Crippen LogP contribution in [0.25, 0.3) is 0 Å². The van der Waals surface area contributed by atoms with Crippen LogP contribution in [0.5, 0.6) is 0 Å². The van der Waals surface area contributed by atoms with Gasteiger partial charge in [-0.05, 0) is 38.8 Å². The van der Waals surface area contributed by atoms with Crippen molar-refractivity contribution in [2.45, 2.75) is 56.9 Å². The Kier molecular flexibility index (Phi) is 12.3. The third-order valence-electron chi connectivity index (χ3n) is 5.66. The van der Waals surface area contributed by atoms with Crippen molar-refractivity contribution in [3.63, 3.8) is 0 Å². The van der Waals surface area contributed by atoms with Crippen molar-refractivity contribution in [2.24, 2.45) is 4.99 Å². The number of guanidine groups is 1. The van der Waals surface area contributed by atoms with E-state index in [4.69, 9.17) is 4.74 Å². The van der Waals surface area contributed by atoms with Crippen molar-refractivity contribution in [3.05, 3.63) is 0 Å². The molecule has 1 heterocycles. The quantitative estimate of drug-likeness (QED) is 0.207. The minimum Gasteiger partial charge on any atom is -0.383 e. The van der Waals surface area contributed by atoms with Gasteiger partial charge in [0.1, 0.15) is 0 Å². The molecule has 2 fully saturated rings. The van der Waals surface area contributed by atoms with Crippen LogP contribution in [0.4, 0.5) is 0 Å². The van der Waals surface area contributed by atoms with Gasteiger partial charge in [-0.1, -0.05) is 25.7 Å². The second-order valence-corrected chi connectivity index (χ2v) is 7.45. The van der Waals surface area contributed by atoms with Crippen LogP contribution in [0.2, 0.25) is 0 Å². The average molecular weight is 495 g/mol. The van der Waals surface area contributed by atoms with Crippen molar-refractivity contribution >= 4 is 35.8 Å². The monoisotopic (exact) mass is 495 g/mol. The number of methoxy groups -OCH3 is 1. The highest BCUT2D eigenvalue weighted by Gasteiger charge is 2.38. The maximum absolute atomic E-state index is 11.8. The van der Waals surface area contributed by atoms with E-state index >= 15 is 0 Å². The molecule has 0 aromatic carbocycles. The van der Waals surface area contributed by atoms with E-state index in [1.165, 1.54) is 64.5 Å². The Morgan fingerprint density at radius 3 is 2.33 bits per heavy atom. The summed E-state index contributed by atoms with van der Waals surface area (Å²) in [7, 11) is 3.38. The normalized spacial score (nSPS) is 20.4. The maximum Gasteiger partial charge on any atom is 0.239 e. The van der Waals surface area contributed by atoms with Crippen molar-refractivity contribution in [1.29, 1.82) is 0 Å². The first-order chi connectivity index (χ1) is 12.7. The predicted octanol–water partition coefficient (Wildman–Crippen LogP) is 1.72. The number of ether oxygens (including phenoxy) is 1. The third kappa shape index (κ3) is 8.11. The Morgan fingerprint density at radius 1 is 1.04 bits per heavy atom. The molecular weight excluding hydrogens is 457 g/mol. The number of nitrogens with zero attached hydrogens (tertiary/aromatic N) is 2. The van der Waals surface area contributed by atoms with Crippen LogP contribution in [0, 0.1) is 0 Å². The second-order valence-electron chi connectivity index (χ2n) is 7.45. The van der Waals surface area contributed by atoms with Gasteiger partial charge in [0.2, 0.25) is 5.91 Å². The fourth-order valence-electron chi connectivity index (χ4n) is 4.17. The van der Waals surface area contributed by atoms with Crippen LogP contribution in [0.1, 0.15) is 51.4 Å². The number of aliphatic imine (C=N–C) groups is 1. The van der Waals surface area contributed by atoms with Gasteiger partial charge in [0.15, 0.2) is 5.96 Å². The molecule has 1 saturated heterocycles. The zero-order valence-corrected chi connectivity index (χ0v) is 19.3. The summed E-state index contributed by atoms with van der Waals surface area (Å²) in [5.74, 6) is 0.655. The zero-order valence-electron chi connectivity index (χ0n) is 17.0. The van der Waals surface area contributed by atoms with Crippen LogP contribution in [0.3, 0.4) is 0 Å². The predicted molar refractivity (Wildman–Crippen MR) is 121 cm³/mol. The molecule has 0 bridgehead atoms. The molecule has 1 amide bonds. The average Bonchev–Trinajstić information content (AvgIpc) is 2.70. The van der Waals surface area contributed by atoms with Crippen molar-refractivity contribution < 1.29 is 9.53 Å². The van der Waals surface area contributed by atoms with E-state index in [0.717, 1.165) is 6.54 Å². The van der Waals surface area contributed by atoms with E-state index in [-0.39, 0.29) is 42.0 Å². The number of hydrogen-bond acceptors (Lipinski definition) is 4. The molecule has 3 N–H and O–H groups in total. The molecule has 7 nitrogen and oxygen atoms in total. The molecule has 1 aliphatic heterocycles. The SMILES string of the molecule is CN=C(NCC(=O)NCCOC)NCC1(N2CCCCC2)CCCCC1.I. The Labute approximate surface area is 181 Å². The number of rotatable bonds is 8. The maximum atomic E-state index is 11.8. The topological polar surface area (TPSA) is 78.0 Å². The minimum atomic E-state index is -0.0478. The molecule has 1 saturated carbocycles. The van der Waals surface area contributed by atoms with Gasteiger partial charge < -0.3 is 20.7 Å². The molecule has 1 aliphatic carbocycles. The fourth-order valence-corrected chi connectivity index (χ4v) is 4.17. The van der Waals surface area contributed by atoms with E-state index in [1.54, 1.807) is 14.2 Å². The van der Waals surface area contributed by atoms with Crippen LogP contribution >= 0.6 is 24.0 Å². The highest BCUT2D eigenvalue weighted by molar-refractivity contribution is 14.0. The van der Waals surface area contributed by atoms with E-state index < -0.39 is 0 Å². The number of halogens is 1. The molecule has 0 unspecified atom stereocenters. The smallest absolute Gasteiger partial charge is 0.239 e. The molecule has 158 valence electrons. The highest BCUT2D eigenvalue weighted by atomic mass is 127. The molecular formula is C19H38IN5O2. The number of piperidine rings is 1. The van der Waals surface area contributed by atoms with Gasteiger partial charge in [0, 0.05) is 32.8 Å². The number of carbonyl (C=O) groups excluding carboxylic acids is 1. The zero-order chi connectivity index (χ0) is 18.7. The minimum absolute atomic E-state index is 0. The molecule has 0 aromatic heterocycles. The van der Waals surface area contributed by atoms with E-state index in [2.05, 4.69) is 25.8 Å². The van der Waals surface area contributed by atoms with Gasteiger partial charge in [-0.3, -0.25) is 14.7 Å². The number of carbonyl (C=O) groups is 1. The van der Waals surface area contributed by atoms with Gasteiger partial charge in [0.25, 0.3) is 0 Å². The molecule has 0 atom stereocenters. The van der Waals surface area contributed by atoms with Crippen LogP contribution in [0.15, 0.2) is 4.99 Å². The summed E-state index contributed by atoms with van der Waals surface area (Å²) in [5.41, 5.74) is 0.247. The van der Waals surface area contributed by atoms with Gasteiger partial charge in [-0.2, -0.15) is 0 Å². The van der Waals surface area contributed by atoms with Crippen molar-refractivity contribution in [1.82, 2.24) is 20.9 Å². The molecule has 2 aliphatic rings. The molecule has 0 aromatic rings. The summed E-state index contributed by atoms with van der Waals surface area (Å²) < 4.78 is 4.94. The Balaban J connectivity index is 0.00000364. The van der Waals surface area contributed by atoms with E-state index in [1.807, 2.05) is 0 Å². The van der Waals surface area contributed by atoms with Gasteiger partial charge in [0.05, 0.1) is 13.2 Å². The number of likely N-dealkylation sites (tertiary alicyclic amines) is 1. The first kappa shape index (κ1) is 24.4. The van der Waals surface area contributed by atoms with E-state index in [9.17, 15) is 4.79 Å². The lowest BCUT2D eigenvalue weighted by Gasteiger charge is -2.48. The Bertz CT molecular complexity index is 449. The number of hydrogen-bond donors (Lipinski definition) is 3. The molecule has 2 rings (SSSR count). The molecule has 8 heteroatoms. The first-order valence-electron chi connectivity index (χ1n) is 10.2. The standard InChI is InChI=1S/C19H37N5O2.HI/c1-20-18(22-15-17(25)21-11-14-26-2)23-16-19(9-5-3-6-10-19)24-12-7-4-8-13-24;/h3-16H2,1-2H3,(H,21,25)(H2,20,22,23);1H. The first-order valence-corrected chi connectivity index (χ1v) is 10.2.